The Labute approximate surface area is 222 Å². The van der Waals surface area contributed by atoms with Gasteiger partial charge in [0, 0.05) is 21.7 Å². The topological polar surface area (TPSA) is 93.7 Å². The normalized spacial score (nSPS) is 15.1. The summed E-state index contributed by atoms with van der Waals surface area (Å²) < 4.78 is 2.45. The molecule has 0 unspecified atom stereocenters. The first-order chi connectivity index (χ1) is 19.0. The molecule has 192 valence electrons. The van der Waals surface area contributed by atoms with Crippen molar-refractivity contribution in [3.05, 3.63) is 115 Å². The SMILES string of the molecule is O=c1c2c(=NC3CCCCC3)cc3c(=O)n(-c4ccccc4)c(=O)c4ccc(c(O)n1-c1ccccc1)c2c4-3. The average Bonchev–Trinajstić information content (AvgIpc) is 2.97. The van der Waals surface area contributed by atoms with Crippen molar-refractivity contribution in [2.75, 3.05) is 0 Å². The van der Waals surface area contributed by atoms with E-state index < -0.39 is 16.7 Å². The molecule has 2 aliphatic carbocycles. The summed E-state index contributed by atoms with van der Waals surface area (Å²) in [5, 5.41) is 13.3. The minimum atomic E-state index is -0.472. The molecule has 7 nitrogen and oxygen atoms in total. The van der Waals surface area contributed by atoms with Crippen molar-refractivity contribution in [2.24, 2.45) is 4.99 Å². The number of aromatic hydroxyl groups is 1. The summed E-state index contributed by atoms with van der Waals surface area (Å²) in [5.74, 6) is -0.239. The first-order valence-electron chi connectivity index (χ1n) is 13.3. The fourth-order valence-electron chi connectivity index (χ4n) is 6.10. The van der Waals surface area contributed by atoms with Crippen LogP contribution in [-0.4, -0.2) is 20.3 Å². The standard InChI is InChI=1S/C32H25N3O4/c36-29-22-16-17-23-27-26(22)24(31(38)34(29)20-12-6-2-7-13-20)18-25(33-19-10-4-1-5-11-19)28(27)32(39)35(30(23)37)21-14-8-3-9-15-21/h2-3,6-9,12-19,37H,1,4-5,10-11H2. The Bertz CT molecular complexity index is 2060. The number of nitrogens with zero attached hydrogens (tertiary/aromatic N) is 3. The van der Waals surface area contributed by atoms with Crippen LogP contribution in [0.1, 0.15) is 32.1 Å². The zero-order valence-corrected chi connectivity index (χ0v) is 21.1. The van der Waals surface area contributed by atoms with Gasteiger partial charge in [0.25, 0.3) is 16.7 Å². The number of pyridine rings is 2. The van der Waals surface area contributed by atoms with Gasteiger partial charge in [-0.15, -0.1) is 0 Å². The molecule has 1 aromatic heterocycles. The van der Waals surface area contributed by atoms with E-state index in [1.165, 1.54) is 9.13 Å². The lowest BCUT2D eigenvalue weighted by atomic mass is 9.90. The Morgan fingerprint density at radius 3 is 1.95 bits per heavy atom. The highest BCUT2D eigenvalue weighted by atomic mass is 16.3. The van der Waals surface area contributed by atoms with E-state index in [1.54, 1.807) is 66.7 Å². The second kappa shape index (κ2) is 8.91. The molecule has 1 aliphatic heterocycles. The molecule has 2 heterocycles. The smallest absolute Gasteiger partial charge is 0.268 e. The maximum atomic E-state index is 14.2. The zero-order chi connectivity index (χ0) is 26.7. The minimum absolute atomic E-state index is 0.0364. The Morgan fingerprint density at radius 2 is 1.28 bits per heavy atom. The molecule has 1 N–H and O–H groups in total. The van der Waals surface area contributed by atoms with Crippen LogP contribution in [0.3, 0.4) is 0 Å². The third-order valence-corrected chi connectivity index (χ3v) is 7.92. The monoisotopic (exact) mass is 515 g/mol. The largest absolute Gasteiger partial charge is 0.494 e. The second-order valence-electron chi connectivity index (χ2n) is 10.2. The summed E-state index contributed by atoms with van der Waals surface area (Å²) in [6.07, 6.45) is 5.11. The number of rotatable bonds is 3. The Balaban J connectivity index is 1.70. The van der Waals surface area contributed by atoms with Crippen LogP contribution in [0.25, 0.3) is 44.0 Å². The van der Waals surface area contributed by atoms with Crippen molar-refractivity contribution in [1.82, 2.24) is 9.13 Å². The highest BCUT2D eigenvalue weighted by Crippen LogP contribution is 2.37. The van der Waals surface area contributed by atoms with Crippen LogP contribution in [-0.2, 0) is 0 Å². The molecular weight excluding hydrogens is 490 g/mol. The molecule has 0 atom stereocenters. The molecule has 3 aromatic carbocycles. The fourth-order valence-corrected chi connectivity index (χ4v) is 6.10. The zero-order valence-electron chi connectivity index (χ0n) is 21.1. The molecule has 0 amide bonds. The van der Waals surface area contributed by atoms with Crippen LogP contribution < -0.4 is 22.0 Å². The van der Waals surface area contributed by atoms with Crippen LogP contribution >= 0.6 is 0 Å². The van der Waals surface area contributed by atoms with Gasteiger partial charge in [0.05, 0.1) is 33.7 Å². The van der Waals surface area contributed by atoms with Crippen molar-refractivity contribution in [1.29, 1.82) is 0 Å². The number of hydrogen-bond acceptors (Lipinski definition) is 5. The van der Waals surface area contributed by atoms with Crippen LogP contribution in [0.2, 0.25) is 0 Å². The molecule has 1 fully saturated rings. The van der Waals surface area contributed by atoms with Crippen molar-refractivity contribution in [3.63, 3.8) is 0 Å². The third-order valence-electron chi connectivity index (χ3n) is 7.92. The van der Waals surface area contributed by atoms with Gasteiger partial charge in [-0.25, -0.2) is 9.13 Å². The Morgan fingerprint density at radius 1 is 0.667 bits per heavy atom. The molecule has 0 saturated heterocycles. The molecule has 7 heteroatoms. The molecule has 4 aromatic rings. The molecule has 0 bridgehead atoms. The first-order valence-corrected chi connectivity index (χ1v) is 13.3. The second-order valence-corrected chi connectivity index (χ2v) is 10.2. The molecular formula is C32H25N3O4. The predicted molar refractivity (Wildman–Crippen MR) is 152 cm³/mol. The number of hydrogen-bond donors (Lipinski definition) is 1. The number of aromatic nitrogens is 2. The molecule has 0 radical (unpaired) electrons. The van der Waals surface area contributed by atoms with Gasteiger partial charge in [-0.2, -0.15) is 0 Å². The van der Waals surface area contributed by atoms with E-state index in [9.17, 15) is 19.5 Å². The van der Waals surface area contributed by atoms with E-state index in [-0.39, 0.29) is 11.9 Å². The highest BCUT2D eigenvalue weighted by Gasteiger charge is 2.27. The van der Waals surface area contributed by atoms with Crippen LogP contribution in [0.4, 0.5) is 0 Å². The van der Waals surface area contributed by atoms with Crippen LogP contribution in [0.5, 0.6) is 5.88 Å². The minimum Gasteiger partial charge on any atom is -0.494 e. The van der Waals surface area contributed by atoms with Gasteiger partial charge in [-0.05, 0) is 55.3 Å². The summed E-state index contributed by atoms with van der Waals surface area (Å²) >= 11 is 0. The lowest BCUT2D eigenvalue weighted by Gasteiger charge is -2.21. The van der Waals surface area contributed by atoms with E-state index in [4.69, 9.17) is 4.99 Å². The summed E-state index contributed by atoms with van der Waals surface area (Å²) in [4.78, 5) is 46.8. The molecule has 3 aliphatic rings. The quantitative estimate of drug-likeness (QED) is 0.349. The van der Waals surface area contributed by atoms with Gasteiger partial charge in [-0.3, -0.25) is 19.4 Å². The van der Waals surface area contributed by atoms with E-state index in [0.29, 0.717) is 49.4 Å². The molecule has 0 spiro atoms. The van der Waals surface area contributed by atoms with Gasteiger partial charge in [0.15, 0.2) is 0 Å². The molecule has 7 rings (SSSR count). The third kappa shape index (κ3) is 3.50. The Hall–Kier alpha value is -4.78. The van der Waals surface area contributed by atoms with Crippen molar-refractivity contribution in [3.8, 4) is 28.4 Å². The van der Waals surface area contributed by atoms with Gasteiger partial charge in [0.1, 0.15) is 0 Å². The van der Waals surface area contributed by atoms with Crippen molar-refractivity contribution in [2.45, 2.75) is 38.1 Å². The van der Waals surface area contributed by atoms with Crippen molar-refractivity contribution < 1.29 is 5.11 Å². The summed E-state index contributed by atoms with van der Waals surface area (Å²) in [5.41, 5.74) is 0.306. The van der Waals surface area contributed by atoms with E-state index in [0.717, 1.165) is 32.1 Å². The predicted octanol–water partition coefficient (Wildman–Crippen LogP) is 4.57. The van der Waals surface area contributed by atoms with E-state index >= 15 is 0 Å². The molecule has 1 saturated carbocycles. The summed E-state index contributed by atoms with van der Waals surface area (Å²) in [6, 6.07) is 22.8. The summed E-state index contributed by atoms with van der Waals surface area (Å²) in [6.45, 7) is 0. The van der Waals surface area contributed by atoms with Crippen LogP contribution in [0, 0.1) is 0 Å². The van der Waals surface area contributed by atoms with Gasteiger partial charge >= 0.3 is 0 Å². The maximum Gasteiger partial charge on any atom is 0.268 e. The Kier molecular flexibility index (Phi) is 5.33. The maximum absolute atomic E-state index is 14.2. The number of para-hydroxylation sites is 2. The fraction of sp³-hybridized carbons (Fsp3) is 0.188. The van der Waals surface area contributed by atoms with Crippen LogP contribution in [0.15, 0.2) is 98.2 Å². The average molecular weight is 516 g/mol. The van der Waals surface area contributed by atoms with E-state index in [2.05, 4.69) is 0 Å². The van der Waals surface area contributed by atoms with Gasteiger partial charge < -0.3 is 5.11 Å². The van der Waals surface area contributed by atoms with Gasteiger partial charge in [-0.1, -0.05) is 55.7 Å². The number of benzene rings is 4. The highest BCUT2D eigenvalue weighted by molar-refractivity contribution is 6.15. The first kappa shape index (κ1) is 23.3. The molecule has 39 heavy (non-hydrogen) atoms. The van der Waals surface area contributed by atoms with Gasteiger partial charge in [0.2, 0.25) is 5.88 Å². The lowest BCUT2D eigenvalue weighted by molar-refractivity contribution is 0.437. The van der Waals surface area contributed by atoms with E-state index in [1.807, 2.05) is 12.1 Å². The lowest BCUT2D eigenvalue weighted by Crippen LogP contribution is -2.35. The summed E-state index contributed by atoms with van der Waals surface area (Å²) in [7, 11) is 0. The van der Waals surface area contributed by atoms with Crippen molar-refractivity contribution >= 4 is 21.5 Å².